The van der Waals surface area contributed by atoms with E-state index in [2.05, 4.69) is 17.1 Å². The number of benzene rings is 1. The fourth-order valence-electron chi connectivity index (χ4n) is 3.29. The van der Waals surface area contributed by atoms with Gasteiger partial charge in [0.15, 0.2) is 0 Å². The molecule has 2 heterocycles. The van der Waals surface area contributed by atoms with Crippen LogP contribution in [-0.2, 0) is 0 Å². The van der Waals surface area contributed by atoms with Crippen LogP contribution in [-0.4, -0.2) is 50.1 Å². The van der Waals surface area contributed by atoms with E-state index in [0.29, 0.717) is 11.5 Å². The number of pyridine rings is 1. The summed E-state index contributed by atoms with van der Waals surface area (Å²) < 4.78 is 5.23. The molecule has 0 spiro atoms. The smallest absolute Gasteiger partial charge is 0.254 e. The Morgan fingerprint density at radius 3 is 2.68 bits per heavy atom. The number of likely N-dealkylation sites (tertiary alicyclic amines) is 1. The number of ether oxygens (including phenoxy) is 1. The molecular formula is C20H25N3O2. The Balaban J connectivity index is 1.74. The van der Waals surface area contributed by atoms with Crippen molar-refractivity contribution in [3.05, 3.63) is 53.7 Å². The van der Waals surface area contributed by atoms with Crippen LogP contribution in [0.2, 0.25) is 0 Å². The third-order valence-electron chi connectivity index (χ3n) is 4.75. The van der Waals surface area contributed by atoms with E-state index < -0.39 is 0 Å². The second kappa shape index (κ2) is 7.55. The number of hydrogen-bond donors (Lipinski definition) is 0. The van der Waals surface area contributed by atoms with Crippen LogP contribution in [0.1, 0.15) is 34.7 Å². The van der Waals surface area contributed by atoms with E-state index in [1.165, 1.54) is 5.56 Å². The van der Waals surface area contributed by atoms with E-state index in [1.54, 1.807) is 19.4 Å². The molecule has 0 N–H and O–H groups in total. The van der Waals surface area contributed by atoms with Gasteiger partial charge in [-0.1, -0.05) is 12.1 Å². The Kier molecular flexibility index (Phi) is 5.22. The number of carbonyl (C=O) groups excluding carboxylic acids is 1. The predicted octanol–water partition coefficient (Wildman–Crippen LogP) is 3.18. The van der Waals surface area contributed by atoms with Gasteiger partial charge >= 0.3 is 0 Å². The van der Waals surface area contributed by atoms with E-state index in [0.717, 1.165) is 37.5 Å². The van der Waals surface area contributed by atoms with Gasteiger partial charge in [0, 0.05) is 44.9 Å². The van der Waals surface area contributed by atoms with E-state index in [-0.39, 0.29) is 5.91 Å². The first-order valence-corrected chi connectivity index (χ1v) is 8.65. The van der Waals surface area contributed by atoms with E-state index in [9.17, 15) is 4.79 Å². The van der Waals surface area contributed by atoms with Crippen molar-refractivity contribution in [3.8, 4) is 5.75 Å². The third kappa shape index (κ3) is 3.92. The molecule has 0 saturated carbocycles. The van der Waals surface area contributed by atoms with Crippen LogP contribution in [0.25, 0.3) is 0 Å². The van der Waals surface area contributed by atoms with Gasteiger partial charge < -0.3 is 14.5 Å². The highest BCUT2D eigenvalue weighted by molar-refractivity contribution is 5.95. The fraction of sp³-hybridized carbons (Fsp3) is 0.400. The maximum Gasteiger partial charge on any atom is 0.254 e. The quantitative estimate of drug-likeness (QED) is 0.858. The molecule has 3 rings (SSSR count). The average Bonchev–Trinajstić information content (AvgIpc) is 2.67. The van der Waals surface area contributed by atoms with Crippen molar-refractivity contribution in [2.75, 3.05) is 39.2 Å². The van der Waals surface area contributed by atoms with Gasteiger partial charge in [-0.05, 0) is 42.7 Å². The molecule has 132 valence electrons. The molecule has 1 amide bonds. The fourth-order valence-corrected chi connectivity index (χ4v) is 3.29. The minimum absolute atomic E-state index is 0.0868. The van der Waals surface area contributed by atoms with Gasteiger partial charge in [0.1, 0.15) is 11.6 Å². The molecular weight excluding hydrogens is 314 g/mol. The topological polar surface area (TPSA) is 45.7 Å². The molecule has 1 aromatic carbocycles. The van der Waals surface area contributed by atoms with Crippen LogP contribution in [0.4, 0.5) is 5.82 Å². The summed E-state index contributed by atoms with van der Waals surface area (Å²) >= 11 is 0. The van der Waals surface area contributed by atoms with Crippen molar-refractivity contribution in [1.29, 1.82) is 0 Å². The Morgan fingerprint density at radius 2 is 2.00 bits per heavy atom. The molecule has 1 unspecified atom stereocenters. The number of amides is 1. The average molecular weight is 339 g/mol. The molecule has 1 aromatic heterocycles. The number of aromatic nitrogens is 1. The molecule has 0 radical (unpaired) electrons. The summed E-state index contributed by atoms with van der Waals surface area (Å²) in [6.07, 6.45) is 3.83. The van der Waals surface area contributed by atoms with E-state index >= 15 is 0 Å². The number of carbonyl (C=O) groups is 1. The third-order valence-corrected chi connectivity index (χ3v) is 4.75. The first-order chi connectivity index (χ1) is 12.1. The number of anilines is 1. The van der Waals surface area contributed by atoms with Gasteiger partial charge in [-0.15, -0.1) is 0 Å². The predicted molar refractivity (Wildman–Crippen MR) is 99.4 cm³/mol. The largest absolute Gasteiger partial charge is 0.497 e. The summed E-state index contributed by atoms with van der Waals surface area (Å²) in [6, 6.07) is 11.8. The minimum Gasteiger partial charge on any atom is -0.497 e. The number of piperidine rings is 1. The number of nitrogens with zero attached hydrogens (tertiary/aromatic N) is 3. The molecule has 1 atom stereocenters. The summed E-state index contributed by atoms with van der Waals surface area (Å²) in [4.78, 5) is 21.1. The highest BCUT2D eigenvalue weighted by Crippen LogP contribution is 2.29. The molecule has 25 heavy (non-hydrogen) atoms. The summed E-state index contributed by atoms with van der Waals surface area (Å²) in [5.41, 5.74) is 1.97. The molecule has 5 nitrogen and oxygen atoms in total. The minimum atomic E-state index is 0.0868. The first kappa shape index (κ1) is 17.3. The van der Waals surface area contributed by atoms with Gasteiger partial charge in [-0.2, -0.15) is 0 Å². The lowest BCUT2D eigenvalue weighted by molar-refractivity contribution is 0.0707. The van der Waals surface area contributed by atoms with Crippen LogP contribution < -0.4 is 9.64 Å². The lowest BCUT2D eigenvalue weighted by Gasteiger charge is -2.33. The van der Waals surface area contributed by atoms with Crippen LogP contribution in [0.15, 0.2) is 42.6 Å². The van der Waals surface area contributed by atoms with Crippen LogP contribution in [0, 0.1) is 0 Å². The molecule has 1 aliphatic rings. The van der Waals surface area contributed by atoms with Crippen molar-refractivity contribution in [2.45, 2.75) is 18.8 Å². The molecule has 1 saturated heterocycles. The van der Waals surface area contributed by atoms with Crippen LogP contribution >= 0.6 is 0 Å². The van der Waals surface area contributed by atoms with Gasteiger partial charge in [-0.25, -0.2) is 4.98 Å². The van der Waals surface area contributed by atoms with Crippen LogP contribution in [0.5, 0.6) is 5.75 Å². The number of hydrogen-bond acceptors (Lipinski definition) is 4. The molecule has 0 bridgehead atoms. The molecule has 1 fully saturated rings. The van der Waals surface area contributed by atoms with Crippen LogP contribution in [0.3, 0.4) is 0 Å². The van der Waals surface area contributed by atoms with Gasteiger partial charge in [0.2, 0.25) is 0 Å². The highest BCUT2D eigenvalue weighted by atomic mass is 16.5. The zero-order valence-corrected chi connectivity index (χ0v) is 15.1. The standard InChI is InChI=1S/C20H25N3O2/c1-22(2)19-13-16(10-11-21-19)20(24)23-12-4-5-17(14-23)15-6-8-18(25-3)9-7-15/h6-11,13,17H,4-5,12,14H2,1-3H3. The van der Waals surface area contributed by atoms with Gasteiger partial charge in [0.25, 0.3) is 5.91 Å². The molecule has 5 heteroatoms. The van der Waals surface area contributed by atoms with E-state index in [1.807, 2.05) is 42.1 Å². The SMILES string of the molecule is COc1ccc(C2CCCN(C(=O)c3ccnc(N(C)C)c3)C2)cc1. The lowest BCUT2D eigenvalue weighted by atomic mass is 9.90. The van der Waals surface area contributed by atoms with Crippen molar-refractivity contribution >= 4 is 11.7 Å². The molecule has 0 aliphatic carbocycles. The highest BCUT2D eigenvalue weighted by Gasteiger charge is 2.25. The molecule has 1 aliphatic heterocycles. The number of methoxy groups -OCH3 is 1. The Hall–Kier alpha value is -2.56. The summed E-state index contributed by atoms with van der Waals surface area (Å²) in [7, 11) is 5.53. The summed E-state index contributed by atoms with van der Waals surface area (Å²) in [6.45, 7) is 1.57. The monoisotopic (exact) mass is 339 g/mol. The Labute approximate surface area is 149 Å². The molecule has 2 aromatic rings. The Morgan fingerprint density at radius 1 is 1.24 bits per heavy atom. The summed E-state index contributed by atoms with van der Waals surface area (Å²) in [5, 5.41) is 0. The maximum absolute atomic E-state index is 12.9. The zero-order chi connectivity index (χ0) is 17.8. The maximum atomic E-state index is 12.9. The zero-order valence-electron chi connectivity index (χ0n) is 15.1. The second-order valence-electron chi connectivity index (χ2n) is 6.66. The van der Waals surface area contributed by atoms with Gasteiger partial charge in [-0.3, -0.25) is 4.79 Å². The van der Waals surface area contributed by atoms with Crippen molar-refractivity contribution in [3.63, 3.8) is 0 Å². The van der Waals surface area contributed by atoms with Crippen molar-refractivity contribution < 1.29 is 9.53 Å². The second-order valence-corrected chi connectivity index (χ2v) is 6.66. The van der Waals surface area contributed by atoms with Crippen molar-refractivity contribution in [1.82, 2.24) is 9.88 Å². The van der Waals surface area contributed by atoms with Crippen molar-refractivity contribution in [2.24, 2.45) is 0 Å². The number of rotatable bonds is 4. The van der Waals surface area contributed by atoms with E-state index in [4.69, 9.17) is 4.74 Å². The first-order valence-electron chi connectivity index (χ1n) is 8.65. The van der Waals surface area contributed by atoms with Gasteiger partial charge in [0.05, 0.1) is 7.11 Å². The summed E-state index contributed by atoms with van der Waals surface area (Å²) in [5.74, 6) is 2.12. The normalized spacial score (nSPS) is 17.2. The Bertz CT molecular complexity index is 728. The lowest BCUT2D eigenvalue weighted by Crippen LogP contribution is -2.39.